The van der Waals surface area contributed by atoms with E-state index in [1.807, 2.05) is 31.2 Å². The predicted octanol–water partition coefficient (Wildman–Crippen LogP) is 2.20. The first-order chi connectivity index (χ1) is 8.66. The number of aromatic nitrogens is 2. The summed E-state index contributed by atoms with van der Waals surface area (Å²) < 4.78 is 0. The second-order valence-electron chi connectivity index (χ2n) is 4.19. The molecule has 4 nitrogen and oxygen atoms in total. The van der Waals surface area contributed by atoms with Crippen LogP contribution in [-0.2, 0) is 11.2 Å². The van der Waals surface area contributed by atoms with E-state index in [0.717, 1.165) is 11.1 Å². The lowest BCUT2D eigenvalue weighted by Gasteiger charge is -2.11. The Hall–Kier alpha value is -2.23. The van der Waals surface area contributed by atoms with Gasteiger partial charge in [0.2, 0.25) is 0 Å². The molecule has 0 radical (unpaired) electrons. The van der Waals surface area contributed by atoms with E-state index in [1.54, 1.807) is 18.5 Å². The molecule has 0 fully saturated rings. The van der Waals surface area contributed by atoms with Gasteiger partial charge in [0.05, 0.1) is 0 Å². The normalized spacial score (nSPS) is 12.1. The van der Waals surface area contributed by atoms with Crippen LogP contribution in [-0.4, -0.2) is 21.0 Å². The molecule has 1 unspecified atom stereocenters. The Morgan fingerprint density at radius 1 is 1.28 bits per heavy atom. The highest BCUT2D eigenvalue weighted by Crippen LogP contribution is 2.18. The van der Waals surface area contributed by atoms with Gasteiger partial charge in [-0.3, -0.25) is 4.79 Å². The molecule has 1 heterocycles. The zero-order valence-corrected chi connectivity index (χ0v) is 10.1. The van der Waals surface area contributed by atoms with Gasteiger partial charge >= 0.3 is 5.97 Å². The number of rotatable bonds is 4. The number of hydrogen-bond donors (Lipinski definition) is 1. The van der Waals surface area contributed by atoms with Crippen molar-refractivity contribution in [3.63, 3.8) is 0 Å². The van der Waals surface area contributed by atoms with E-state index in [1.165, 1.54) is 0 Å². The minimum absolute atomic E-state index is 0.353. The lowest BCUT2D eigenvalue weighted by atomic mass is 9.97. The Morgan fingerprint density at radius 3 is 2.61 bits per heavy atom. The molecular weight excluding hydrogens is 228 g/mol. The maximum Gasteiger partial charge on any atom is 0.314 e. The van der Waals surface area contributed by atoms with E-state index >= 15 is 0 Å². The topological polar surface area (TPSA) is 63.1 Å². The first kappa shape index (κ1) is 12.2. The molecule has 0 bridgehead atoms. The molecule has 1 N–H and O–H groups in total. The SMILES string of the molecule is Cc1cccc(CC(C(=O)O)c2ncccn2)c1. The van der Waals surface area contributed by atoms with E-state index in [-0.39, 0.29) is 0 Å². The molecule has 0 aliphatic rings. The molecule has 0 aliphatic heterocycles. The fourth-order valence-corrected chi connectivity index (χ4v) is 1.85. The van der Waals surface area contributed by atoms with Gasteiger partial charge in [-0.05, 0) is 25.0 Å². The van der Waals surface area contributed by atoms with E-state index in [9.17, 15) is 9.90 Å². The highest BCUT2D eigenvalue weighted by atomic mass is 16.4. The fourth-order valence-electron chi connectivity index (χ4n) is 1.85. The largest absolute Gasteiger partial charge is 0.481 e. The monoisotopic (exact) mass is 242 g/mol. The van der Waals surface area contributed by atoms with Crippen LogP contribution in [0.5, 0.6) is 0 Å². The molecule has 18 heavy (non-hydrogen) atoms. The van der Waals surface area contributed by atoms with Gasteiger partial charge in [0, 0.05) is 12.4 Å². The molecule has 2 rings (SSSR count). The van der Waals surface area contributed by atoms with Gasteiger partial charge in [0.15, 0.2) is 0 Å². The van der Waals surface area contributed by atoms with Gasteiger partial charge in [0.25, 0.3) is 0 Å². The number of carboxylic acid groups (broad SMARTS) is 1. The quantitative estimate of drug-likeness (QED) is 0.892. The van der Waals surface area contributed by atoms with E-state index in [0.29, 0.717) is 12.2 Å². The lowest BCUT2D eigenvalue weighted by molar-refractivity contribution is -0.139. The zero-order chi connectivity index (χ0) is 13.0. The third-order valence-electron chi connectivity index (χ3n) is 2.72. The van der Waals surface area contributed by atoms with Gasteiger partial charge in [-0.25, -0.2) is 9.97 Å². The molecule has 92 valence electrons. The first-order valence-electron chi connectivity index (χ1n) is 5.72. The minimum Gasteiger partial charge on any atom is -0.481 e. The summed E-state index contributed by atoms with van der Waals surface area (Å²) >= 11 is 0. The maximum absolute atomic E-state index is 11.3. The number of benzene rings is 1. The number of aryl methyl sites for hydroxylation is 1. The Balaban J connectivity index is 2.25. The highest BCUT2D eigenvalue weighted by Gasteiger charge is 2.22. The van der Waals surface area contributed by atoms with Crippen LogP contribution in [0.2, 0.25) is 0 Å². The second-order valence-corrected chi connectivity index (χ2v) is 4.19. The summed E-state index contributed by atoms with van der Waals surface area (Å²) in [5.41, 5.74) is 2.10. The van der Waals surface area contributed by atoms with E-state index < -0.39 is 11.9 Å². The Morgan fingerprint density at radius 2 is 2.00 bits per heavy atom. The number of carboxylic acids is 1. The Kier molecular flexibility index (Phi) is 3.67. The van der Waals surface area contributed by atoms with Crippen molar-refractivity contribution >= 4 is 5.97 Å². The predicted molar refractivity (Wildman–Crippen MR) is 67.3 cm³/mol. The van der Waals surface area contributed by atoms with Crippen molar-refractivity contribution in [2.24, 2.45) is 0 Å². The van der Waals surface area contributed by atoms with Crippen molar-refractivity contribution in [1.29, 1.82) is 0 Å². The molecule has 0 amide bonds. The summed E-state index contributed by atoms with van der Waals surface area (Å²) in [6, 6.07) is 9.49. The standard InChI is InChI=1S/C14H14N2O2/c1-10-4-2-5-11(8-10)9-12(14(17)18)13-15-6-3-7-16-13/h2-8,12H,9H2,1H3,(H,17,18). The zero-order valence-electron chi connectivity index (χ0n) is 10.1. The molecule has 4 heteroatoms. The van der Waals surface area contributed by atoms with Crippen LogP contribution in [0.1, 0.15) is 22.9 Å². The first-order valence-corrected chi connectivity index (χ1v) is 5.72. The van der Waals surface area contributed by atoms with Gasteiger partial charge in [0.1, 0.15) is 11.7 Å². The number of carbonyl (C=O) groups is 1. The van der Waals surface area contributed by atoms with Crippen LogP contribution in [0, 0.1) is 6.92 Å². The molecule has 0 saturated heterocycles. The van der Waals surface area contributed by atoms with Crippen molar-refractivity contribution in [3.8, 4) is 0 Å². The maximum atomic E-state index is 11.3. The second kappa shape index (κ2) is 5.40. The summed E-state index contributed by atoms with van der Waals surface area (Å²) in [5.74, 6) is -1.25. The van der Waals surface area contributed by atoms with Crippen molar-refractivity contribution in [2.75, 3.05) is 0 Å². The van der Waals surface area contributed by atoms with Crippen LogP contribution in [0.15, 0.2) is 42.7 Å². The third-order valence-corrected chi connectivity index (χ3v) is 2.72. The molecule has 1 atom stereocenters. The van der Waals surface area contributed by atoms with Crippen LogP contribution in [0.4, 0.5) is 0 Å². The minimum atomic E-state index is -0.900. The molecule has 1 aromatic carbocycles. The van der Waals surface area contributed by atoms with Crippen LogP contribution < -0.4 is 0 Å². The molecule has 2 aromatic rings. The number of hydrogen-bond acceptors (Lipinski definition) is 3. The number of nitrogens with zero attached hydrogens (tertiary/aromatic N) is 2. The summed E-state index contributed by atoms with van der Waals surface area (Å²) in [7, 11) is 0. The fraction of sp³-hybridized carbons (Fsp3) is 0.214. The average molecular weight is 242 g/mol. The lowest BCUT2D eigenvalue weighted by Crippen LogP contribution is -2.17. The van der Waals surface area contributed by atoms with Crippen molar-refractivity contribution < 1.29 is 9.90 Å². The van der Waals surface area contributed by atoms with Crippen LogP contribution >= 0.6 is 0 Å². The van der Waals surface area contributed by atoms with E-state index in [2.05, 4.69) is 9.97 Å². The van der Waals surface area contributed by atoms with Crippen molar-refractivity contribution in [3.05, 3.63) is 59.7 Å². The third kappa shape index (κ3) is 2.91. The van der Waals surface area contributed by atoms with Crippen molar-refractivity contribution in [1.82, 2.24) is 9.97 Å². The number of aliphatic carboxylic acids is 1. The van der Waals surface area contributed by atoms with Crippen molar-refractivity contribution in [2.45, 2.75) is 19.3 Å². The van der Waals surface area contributed by atoms with E-state index in [4.69, 9.17) is 0 Å². The smallest absolute Gasteiger partial charge is 0.314 e. The summed E-state index contributed by atoms with van der Waals surface area (Å²) in [6.45, 7) is 1.98. The molecule has 0 aliphatic carbocycles. The van der Waals surface area contributed by atoms with Crippen LogP contribution in [0.25, 0.3) is 0 Å². The highest BCUT2D eigenvalue weighted by molar-refractivity contribution is 5.75. The van der Waals surface area contributed by atoms with Gasteiger partial charge in [-0.15, -0.1) is 0 Å². The summed E-state index contributed by atoms with van der Waals surface area (Å²) in [6.07, 6.45) is 3.53. The molecule has 0 saturated carbocycles. The van der Waals surface area contributed by atoms with Crippen LogP contribution in [0.3, 0.4) is 0 Å². The van der Waals surface area contributed by atoms with Gasteiger partial charge < -0.3 is 5.11 Å². The Bertz CT molecular complexity index is 541. The Labute approximate surface area is 105 Å². The summed E-state index contributed by atoms with van der Waals surface area (Å²) in [5, 5.41) is 9.28. The van der Waals surface area contributed by atoms with Gasteiger partial charge in [-0.1, -0.05) is 29.8 Å². The van der Waals surface area contributed by atoms with Gasteiger partial charge in [-0.2, -0.15) is 0 Å². The average Bonchev–Trinajstić information content (AvgIpc) is 2.37. The molecule has 1 aromatic heterocycles. The summed E-state index contributed by atoms with van der Waals surface area (Å²) in [4.78, 5) is 19.4. The molecule has 0 spiro atoms. The molecular formula is C14H14N2O2.